The molecule has 0 radical (unpaired) electrons. The molecule has 2 aromatic rings. The van der Waals surface area contributed by atoms with Gasteiger partial charge in [0.15, 0.2) is 0 Å². The fourth-order valence-electron chi connectivity index (χ4n) is 2.70. The van der Waals surface area contributed by atoms with Gasteiger partial charge in [-0.25, -0.2) is 9.78 Å². The molecule has 1 aliphatic rings. The molecule has 7 nitrogen and oxygen atoms in total. The number of nitrogens with zero attached hydrogens (tertiary/aromatic N) is 4. The quantitative estimate of drug-likeness (QED) is 0.823. The molecule has 0 bridgehead atoms. The third kappa shape index (κ3) is 2.42. The van der Waals surface area contributed by atoms with E-state index in [2.05, 4.69) is 14.9 Å². The molecule has 1 saturated heterocycles. The molecule has 0 unspecified atom stereocenters. The summed E-state index contributed by atoms with van der Waals surface area (Å²) in [5.41, 5.74) is 7.51. The number of pyridine rings is 2. The summed E-state index contributed by atoms with van der Waals surface area (Å²) in [6.07, 6.45) is 2.51. The van der Waals surface area contributed by atoms with E-state index in [4.69, 9.17) is 10.8 Å². The minimum absolute atomic E-state index is 0.0565. The van der Waals surface area contributed by atoms with E-state index in [0.29, 0.717) is 25.3 Å². The van der Waals surface area contributed by atoms with E-state index < -0.39 is 6.09 Å². The minimum Gasteiger partial charge on any atom is -0.465 e. The van der Waals surface area contributed by atoms with Crippen LogP contribution < -0.4 is 10.6 Å². The number of anilines is 2. The summed E-state index contributed by atoms with van der Waals surface area (Å²) < 4.78 is 0. The third-order valence-electron chi connectivity index (χ3n) is 3.82. The zero-order valence-corrected chi connectivity index (χ0v) is 11.7. The van der Waals surface area contributed by atoms with Crippen molar-refractivity contribution in [3.63, 3.8) is 0 Å². The second kappa shape index (κ2) is 5.08. The van der Waals surface area contributed by atoms with Crippen molar-refractivity contribution in [1.82, 2.24) is 14.9 Å². The maximum Gasteiger partial charge on any atom is 0.407 e. The molecule has 110 valence electrons. The van der Waals surface area contributed by atoms with Crippen molar-refractivity contribution in [2.45, 2.75) is 13.0 Å². The van der Waals surface area contributed by atoms with Gasteiger partial charge in [-0.15, -0.1) is 0 Å². The van der Waals surface area contributed by atoms with E-state index in [-0.39, 0.29) is 6.04 Å². The third-order valence-corrected chi connectivity index (χ3v) is 3.82. The highest BCUT2D eigenvalue weighted by Gasteiger charge is 2.27. The number of amides is 1. The molecule has 0 aliphatic carbocycles. The summed E-state index contributed by atoms with van der Waals surface area (Å²) in [6, 6.07) is 3.71. The minimum atomic E-state index is -0.876. The smallest absolute Gasteiger partial charge is 0.407 e. The largest absolute Gasteiger partial charge is 0.465 e. The number of rotatable bonds is 1. The van der Waals surface area contributed by atoms with Gasteiger partial charge in [-0.05, 0) is 13.0 Å². The van der Waals surface area contributed by atoms with Crippen molar-refractivity contribution >= 4 is 28.5 Å². The maximum atomic E-state index is 11.0. The van der Waals surface area contributed by atoms with Crippen molar-refractivity contribution in [3.8, 4) is 0 Å². The van der Waals surface area contributed by atoms with Crippen molar-refractivity contribution in [3.05, 3.63) is 24.5 Å². The maximum absolute atomic E-state index is 11.0. The molecule has 3 rings (SSSR count). The number of nitrogens with two attached hydrogens (primary N) is 1. The Morgan fingerprint density at radius 2 is 2.29 bits per heavy atom. The van der Waals surface area contributed by atoms with E-state index in [1.807, 2.05) is 19.1 Å². The molecule has 21 heavy (non-hydrogen) atoms. The number of hydrogen-bond donors (Lipinski definition) is 2. The van der Waals surface area contributed by atoms with E-state index >= 15 is 0 Å². The summed E-state index contributed by atoms with van der Waals surface area (Å²) in [7, 11) is 0. The van der Waals surface area contributed by atoms with Gasteiger partial charge in [-0.3, -0.25) is 4.98 Å². The number of fused-ring (bicyclic) bond motifs is 1. The first-order chi connectivity index (χ1) is 10.1. The molecule has 7 heteroatoms. The number of nitrogen functional groups attached to an aromatic ring is 1. The fourth-order valence-corrected chi connectivity index (χ4v) is 2.70. The van der Waals surface area contributed by atoms with Gasteiger partial charge in [0.1, 0.15) is 5.82 Å². The van der Waals surface area contributed by atoms with Gasteiger partial charge in [0, 0.05) is 55.2 Å². The van der Waals surface area contributed by atoms with Crippen LogP contribution in [0, 0.1) is 0 Å². The molecule has 1 amide bonds. The first-order valence-corrected chi connectivity index (χ1v) is 6.81. The topological polar surface area (TPSA) is 95.6 Å². The number of aromatic nitrogens is 2. The SMILES string of the molecule is C[C@H]1CN(C(=O)O)CCN1c1cc(N)c2cnccc2n1. The van der Waals surface area contributed by atoms with Gasteiger partial charge in [-0.2, -0.15) is 0 Å². The van der Waals surface area contributed by atoms with Gasteiger partial charge in [0.05, 0.1) is 5.52 Å². The number of piperazine rings is 1. The Kier molecular flexibility index (Phi) is 3.25. The Labute approximate surface area is 122 Å². The van der Waals surface area contributed by atoms with Gasteiger partial charge in [0.25, 0.3) is 0 Å². The van der Waals surface area contributed by atoms with Gasteiger partial charge in [0.2, 0.25) is 0 Å². The lowest BCUT2D eigenvalue weighted by molar-refractivity contribution is 0.136. The highest BCUT2D eigenvalue weighted by molar-refractivity contribution is 5.91. The average molecular weight is 287 g/mol. The highest BCUT2D eigenvalue weighted by atomic mass is 16.4. The lowest BCUT2D eigenvalue weighted by Crippen LogP contribution is -2.53. The Hall–Kier alpha value is -2.57. The molecule has 3 N–H and O–H groups in total. The van der Waals surface area contributed by atoms with Crippen LogP contribution in [-0.2, 0) is 0 Å². The van der Waals surface area contributed by atoms with Gasteiger partial charge < -0.3 is 20.6 Å². The van der Waals surface area contributed by atoms with Crippen LogP contribution in [0.4, 0.5) is 16.3 Å². The number of carbonyl (C=O) groups is 1. The molecule has 0 spiro atoms. The highest BCUT2D eigenvalue weighted by Crippen LogP contribution is 2.26. The summed E-state index contributed by atoms with van der Waals surface area (Å²) in [6.45, 7) is 3.53. The van der Waals surface area contributed by atoms with Crippen LogP contribution in [0.15, 0.2) is 24.5 Å². The molecule has 0 aromatic carbocycles. The molecule has 2 aromatic heterocycles. The van der Waals surface area contributed by atoms with E-state index in [1.165, 1.54) is 4.90 Å². The summed E-state index contributed by atoms with van der Waals surface area (Å²) in [5.74, 6) is 0.781. The van der Waals surface area contributed by atoms with Crippen LogP contribution >= 0.6 is 0 Å². The van der Waals surface area contributed by atoms with Crippen LogP contribution in [0.3, 0.4) is 0 Å². The lowest BCUT2D eigenvalue weighted by atomic mass is 10.1. The monoisotopic (exact) mass is 287 g/mol. The second-order valence-electron chi connectivity index (χ2n) is 5.23. The Balaban J connectivity index is 1.92. The normalized spacial score (nSPS) is 19.0. The molecule has 1 atom stereocenters. The van der Waals surface area contributed by atoms with E-state index in [1.54, 1.807) is 12.4 Å². The van der Waals surface area contributed by atoms with E-state index in [0.717, 1.165) is 16.7 Å². The number of carboxylic acid groups (broad SMARTS) is 1. The van der Waals surface area contributed by atoms with Crippen LogP contribution in [0.5, 0.6) is 0 Å². The number of hydrogen-bond acceptors (Lipinski definition) is 5. The zero-order valence-electron chi connectivity index (χ0n) is 11.7. The Bertz CT molecular complexity index is 690. The molecule has 3 heterocycles. The van der Waals surface area contributed by atoms with E-state index in [9.17, 15) is 4.79 Å². The first kappa shape index (κ1) is 13.4. The predicted octanol–water partition coefficient (Wildman–Crippen LogP) is 1.40. The van der Waals surface area contributed by atoms with Crippen LogP contribution in [0.2, 0.25) is 0 Å². The molecular formula is C14H17N5O2. The average Bonchev–Trinajstić information content (AvgIpc) is 2.47. The molecule has 1 aliphatic heterocycles. The summed E-state index contributed by atoms with van der Waals surface area (Å²) in [5, 5.41) is 9.89. The standard InChI is InChI=1S/C14H17N5O2/c1-9-8-18(14(20)21)4-5-19(9)13-6-11(15)10-7-16-3-2-12(10)17-13/h2-3,6-7,9H,4-5,8H2,1H3,(H2,15,17)(H,20,21)/t9-/m0/s1. The van der Waals surface area contributed by atoms with Crippen molar-refractivity contribution < 1.29 is 9.90 Å². The molecule has 0 saturated carbocycles. The summed E-state index contributed by atoms with van der Waals surface area (Å²) >= 11 is 0. The van der Waals surface area contributed by atoms with Crippen molar-refractivity contribution in [2.24, 2.45) is 0 Å². The lowest BCUT2D eigenvalue weighted by Gasteiger charge is -2.39. The van der Waals surface area contributed by atoms with Crippen molar-refractivity contribution in [1.29, 1.82) is 0 Å². The first-order valence-electron chi connectivity index (χ1n) is 6.81. The van der Waals surface area contributed by atoms with Crippen molar-refractivity contribution in [2.75, 3.05) is 30.3 Å². The molecular weight excluding hydrogens is 270 g/mol. The van der Waals surface area contributed by atoms with Crippen LogP contribution in [-0.4, -0.2) is 51.7 Å². The molecule has 1 fully saturated rings. The Morgan fingerprint density at radius 3 is 3.00 bits per heavy atom. The second-order valence-corrected chi connectivity index (χ2v) is 5.23. The zero-order chi connectivity index (χ0) is 15.0. The fraction of sp³-hybridized carbons (Fsp3) is 0.357. The van der Waals surface area contributed by atoms with Gasteiger partial charge >= 0.3 is 6.09 Å². The van der Waals surface area contributed by atoms with Crippen LogP contribution in [0.1, 0.15) is 6.92 Å². The summed E-state index contributed by atoms with van der Waals surface area (Å²) in [4.78, 5) is 23.2. The predicted molar refractivity (Wildman–Crippen MR) is 80.4 cm³/mol. The Morgan fingerprint density at radius 1 is 1.48 bits per heavy atom. The van der Waals surface area contributed by atoms with Crippen LogP contribution in [0.25, 0.3) is 10.9 Å². The van der Waals surface area contributed by atoms with Gasteiger partial charge in [-0.1, -0.05) is 0 Å².